The summed E-state index contributed by atoms with van der Waals surface area (Å²) in [5.74, 6) is 0. The first-order valence-corrected chi connectivity index (χ1v) is 15.3. The highest BCUT2D eigenvalue weighted by molar-refractivity contribution is 7.21. The number of nitrogens with zero attached hydrogens (tertiary/aromatic N) is 2. The SMILES string of the molecule is c1ccc2cc3c(cc2c1)c1ccccc1n3-c1ccc(-c2nc3c(ccc4oc5ccccc5c43)s2)c2ccccc12. The van der Waals surface area contributed by atoms with E-state index in [1.807, 2.05) is 12.1 Å². The maximum Gasteiger partial charge on any atom is 0.137 e. The molecule has 43 heavy (non-hydrogen) atoms. The van der Waals surface area contributed by atoms with Crippen LogP contribution in [0.2, 0.25) is 0 Å². The van der Waals surface area contributed by atoms with Gasteiger partial charge in [-0.15, -0.1) is 11.3 Å². The average Bonchev–Trinajstić information content (AvgIpc) is 3.75. The van der Waals surface area contributed by atoms with Crippen LogP contribution in [0, 0.1) is 0 Å². The minimum Gasteiger partial charge on any atom is -0.456 e. The van der Waals surface area contributed by atoms with Crippen LogP contribution in [-0.4, -0.2) is 9.55 Å². The molecule has 3 heterocycles. The van der Waals surface area contributed by atoms with Gasteiger partial charge in [0, 0.05) is 27.1 Å². The van der Waals surface area contributed by atoms with Crippen LogP contribution in [0.15, 0.2) is 138 Å². The highest BCUT2D eigenvalue weighted by Crippen LogP contribution is 2.43. The molecule has 0 aliphatic rings. The van der Waals surface area contributed by atoms with Gasteiger partial charge in [-0.3, -0.25) is 0 Å². The number of thiazole rings is 1. The lowest BCUT2D eigenvalue weighted by molar-refractivity contribution is 0.669. The minimum atomic E-state index is 0.879. The average molecular weight is 567 g/mol. The molecular formula is C39H22N2OS. The van der Waals surface area contributed by atoms with Gasteiger partial charge >= 0.3 is 0 Å². The molecule has 0 aliphatic heterocycles. The predicted molar refractivity (Wildman–Crippen MR) is 182 cm³/mol. The maximum atomic E-state index is 6.16. The van der Waals surface area contributed by atoms with Crippen molar-refractivity contribution in [3.8, 4) is 16.3 Å². The first-order chi connectivity index (χ1) is 21.3. The van der Waals surface area contributed by atoms with Crippen LogP contribution in [0.25, 0.3) is 91.8 Å². The molecule has 0 amide bonds. The van der Waals surface area contributed by atoms with Crippen molar-refractivity contribution in [3.05, 3.63) is 133 Å². The van der Waals surface area contributed by atoms with E-state index < -0.39 is 0 Å². The summed E-state index contributed by atoms with van der Waals surface area (Å²) in [6, 6.07) is 47.7. The number of benzene rings is 7. The zero-order valence-electron chi connectivity index (χ0n) is 22.9. The fraction of sp³-hybridized carbons (Fsp3) is 0. The molecule has 0 aliphatic carbocycles. The third kappa shape index (κ3) is 3.21. The predicted octanol–water partition coefficient (Wildman–Crippen LogP) is 11.3. The van der Waals surface area contributed by atoms with E-state index in [9.17, 15) is 0 Å². The Morgan fingerprint density at radius 3 is 2.14 bits per heavy atom. The molecule has 10 aromatic rings. The van der Waals surface area contributed by atoms with Crippen LogP contribution in [0.4, 0.5) is 0 Å². The Bertz CT molecular complexity index is 2740. The van der Waals surface area contributed by atoms with Crippen LogP contribution in [-0.2, 0) is 0 Å². The van der Waals surface area contributed by atoms with Gasteiger partial charge in [-0.05, 0) is 64.7 Å². The summed E-state index contributed by atoms with van der Waals surface area (Å²) < 4.78 is 9.76. The summed E-state index contributed by atoms with van der Waals surface area (Å²) in [5.41, 5.74) is 7.52. The molecule has 3 aromatic heterocycles. The highest BCUT2D eigenvalue weighted by atomic mass is 32.1. The summed E-state index contributed by atoms with van der Waals surface area (Å²) in [6.07, 6.45) is 0. The second-order valence-corrected chi connectivity index (χ2v) is 12.2. The summed E-state index contributed by atoms with van der Waals surface area (Å²) in [5, 5.41) is 10.6. The van der Waals surface area contributed by atoms with Gasteiger partial charge in [0.15, 0.2) is 0 Å². The van der Waals surface area contributed by atoms with Gasteiger partial charge in [0.05, 0.1) is 32.3 Å². The largest absolute Gasteiger partial charge is 0.456 e. The molecule has 0 bridgehead atoms. The molecule has 0 atom stereocenters. The van der Waals surface area contributed by atoms with E-state index in [0.717, 1.165) is 42.7 Å². The summed E-state index contributed by atoms with van der Waals surface area (Å²) in [7, 11) is 0. The van der Waals surface area contributed by atoms with Crippen molar-refractivity contribution in [1.29, 1.82) is 0 Å². The lowest BCUT2D eigenvalue weighted by Crippen LogP contribution is -1.96. The number of furan rings is 1. The standard InChI is InChI=1S/C39H22N2OS/c1-2-10-24-22-33-30(21-23(24)9-1)27-13-5-7-15-31(27)41(33)32-18-17-28(25-11-3-4-12-26(25)32)39-40-38-36(43-39)20-19-35-37(38)29-14-6-8-16-34(29)42-35/h1-22H. The third-order valence-corrected chi connectivity index (χ3v) is 9.87. The number of para-hydroxylation sites is 2. The fourth-order valence-corrected chi connectivity index (χ4v) is 7.91. The molecule has 0 radical (unpaired) electrons. The second kappa shape index (κ2) is 8.54. The Labute approximate surface area is 249 Å². The van der Waals surface area contributed by atoms with E-state index in [1.54, 1.807) is 11.3 Å². The van der Waals surface area contributed by atoms with Crippen LogP contribution in [0.5, 0.6) is 0 Å². The number of aromatic nitrogens is 2. The van der Waals surface area contributed by atoms with Crippen LogP contribution < -0.4 is 0 Å². The van der Waals surface area contributed by atoms with Crippen LogP contribution >= 0.6 is 11.3 Å². The quantitative estimate of drug-likeness (QED) is 0.208. The van der Waals surface area contributed by atoms with Gasteiger partial charge in [0.25, 0.3) is 0 Å². The molecule has 3 nitrogen and oxygen atoms in total. The summed E-state index contributed by atoms with van der Waals surface area (Å²) in [6.45, 7) is 0. The number of rotatable bonds is 2. The van der Waals surface area contributed by atoms with Crippen LogP contribution in [0.1, 0.15) is 0 Å². The van der Waals surface area contributed by atoms with E-state index in [4.69, 9.17) is 9.40 Å². The molecule has 7 aromatic carbocycles. The maximum absolute atomic E-state index is 6.16. The Hall–Kier alpha value is -5.45. The smallest absolute Gasteiger partial charge is 0.137 e. The molecule has 200 valence electrons. The van der Waals surface area contributed by atoms with Crippen LogP contribution in [0.3, 0.4) is 0 Å². The lowest BCUT2D eigenvalue weighted by Gasteiger charge is -2.14. The molecule has 10 rings (SSSR count). The second-order valence-electron chi connectivity index (χ2n) is 11.1. The Balaban J connectivity index is 1.25. The molecule has 0 saturated heterocycles. The summed E-state index contributed by atoms with van der Waals surface area (Å²) >= 11 is 1.74. The van der Waals surface area contributed by atoms with Gasteiger partial charge in [0.1, 0.15) is 16.2 Å². The molecule has 0 spiro atoms. The first kappa shape index (κ1) is 23.1. The number of fused-ring (bicyclic) bond motifs is 10. The fourth-order valence-electron chi connectivity index (χ4n) is 6.90. The molecule has 0 unspecified atom stereocenters. The van der Waals surface area contributed by atoms with Crippen molar-refractivity contribution < 1.29 is 4.42 Å². The number of hydrogen-bond donors (Lipinski definition) is 0. The van der Waals surface area contributed by atoms with Crippen molar-refractivity contribution in [2.45, 2.75) is 0 Å². The van der Waals surface area contributed by atoms with Crippen molar-refractivity contribution in [3.63, 3.8) is 0 Å². The van der Waals surface area contributed by atoms with Crippen molar-refractivity contribution >= 4 is 86.8 Å². The lowest BCUT2D eigenvalue weighted by atomic mass is 10.0. The number of hydrogen-bond acceptors (Lipinski definition) is 3. The zero-order valence-corrected chi connectivity index (χ0v) is 23.7. The Morgan fingerprint density at radius 2 is 1.26 bits per heavy atom. The minimum absolute atomic E-state index is 0.879. The highest BCUT2D eigenvalue weighted by Gasteiger charge is 2.19. The Kier molecular flexibility index (Phi) is 4.60. The van der Waals surface area contributed by atoms with Gasteiger partial charge < -0.3 is 8.98 Å². The van der Waals surface area contributed by atoms with Gasteiger partial charge in [-0.1, -0.05) is 84.9 Å². The first-order valence-electron chi connectivity index (χ1n) is 14.5. The van der Waals surface area contributed by atoms with E-state index in [1.165, 1.54) is 49.0 Å². The summed E-state index contributed by atoms with van der Waals surface area (Å²) in [4.78, 5) is 5.26. The van der Waals surface area contributed by atoms with E-state index in [2.05, 4.69) is 126 Å². The Morgan fingerprint density at radius 1 is 0.535 bits per heavy atom. The van der Waals surface area contributed by atoms with Crippen molar-refractivity contribution in [2.75, 3.05) is 0 Å². The van der Waals surface area contributed by atoms with E-state index >= 15 is 0 Å². The monoisotopic (exact) mass is 566 g/mol. The molecular weight excluding hydrogens is 545 g/mol. The molecule has 0 saturated carbocycles. The van der Waals surface area contributed by atoms with Crippen molar-refractivity contribution in [2.24, 2.45) is 0 Å². The third-order valence-electron chi connectivity index (χ3n) is 8.81. The topological polar surface area (TPSA) is 31.0 Å². The van der Waals surface area contributed by atoms with E-state index in [-0.39, 0.29) is 0 Å². The van der Waals surface area contributed by atoms with Gasteiger partial charge in [-0.25, -0.2) is 4.98 Å². The van der Waals surface area contributed by atoms with E-state index in [0.29, 0.717) is 0 Å². The zero-order chi connectivity index (χ0) is 28.1. The molecule has 0 N–H and O–H groups in total. The van der Waals surface area contributed by atoms with Gasteiger partial charge in [0.2, 0.25) is 0 Å². The molecule has 0 fully saturated rings. The van der Waals surface area contributed by atoms with Gasteiger partial charge in [-0.2, -0.15) is 0 Å². The normalized spacial score (nSPS) is 12.2. The van der Waals surface area contributed by atoms with Crippen molar-refractivity contribution in [1.82, 2.24) is 9.55 Å². The molecule has 4 heteroatoms.